The predicted molar refractivity (Wildman–Crippen MR) is 74.7 cm³/mol. The second-order valence-corrected chi connectivity index (χ2v) is 5.81. The van der Waals surface area contributed by atoms with Crippen LogP contribution in [0.1, 0.15) is 38.1 Å². The van der Waals surface area contributed by atoms with Gasteiger partial charge in [-0.1, -0.05) is 26.8 Å². The van der Waals surface area contributed by atoms with Gasteiger partial charge in [-0.15, -0.1) is 0 Å². The van der Waals surface area contributed by atoms with Crippen molar-refractivity contribution >= 4 is 16.8 Å². The fourth-order valence-electron chi connectivity index (χ4n) is 1.77. The topological polar surface area (TPSA) is 44.9 Å². The maximum absolute atomic E-state index is 12.3. The first-order chi connectivity index (χ1) is 8.39. The van der Waals surface area contributed by atoms with Crippen LogP contribution in [0.15, 0.2) is 30.5 Å². The van der Waals surface area contributed by atoms with Crippen molar-refractivity contribution in [3.8, 4) is 0 Å². The Balaban J connectivity index is 2.27. The summed E-state index contributed by atoms with van der Waals surface area (Å²) in [5.41, 5.74) is 1.78. The van der Waals surface area contributed by atoms with Crippen molar-refractivity contribution in [2.24, 2.45) is 5.41 Å². The van der Waals surface area contributed by atoms with Crippen LogP contribution < -0.4 is 5.32 Å². The molecule has 0 radical (unpaired) electrons. The number of carbonyl (C=O) groups excluding carboxylic acids is 1. The van der Waals surface area contributed by atoms with Crippen LogP contribution in [0.25, 0.3) is 10.9 Å². The van der Waals surface area contributed by atoms with E-state index in [4.69, 9.17) is 0 Å². The maximum atomic E-state index is 12.3. The molecule has 0 fully saturated rings. The molecule has 0 aliphatic carbocycles. The van der Waals surface area contributed by atoms with Crippen LogP contribution in [0.3, 0.4) is 0 Å². The maximum Gasteiger partial charge on any atom is 0.252 e. The van der Waals surface area contributed by atoms with Crippen LogP contribution in [0.2, 0.25) is 0 Å². The second-order valence-electron chi connectivity index (χ2n) is 5.81. The number of hydrogen-bond donors (Lipinski definition) is 2. The summed E-state index contributed by atoms with van der Waals surface area (Å²) in [5, 5.41) is 4.03. The monoisotopic (exact) mass is 244 g/mol. The zero-order chi connectivity index (χ0) is 13.3. The van der Waals surface area contributed by atoms with Gasteiger partial charge in [0.1, 0.15) is 0 Å². The summed E-state index contributed by atoms with van der Waals surface area (Å²) < 4.78 is 0. The molecule has 0 saturated heterocycles. The molecule has 0 aliphatic heterocycles. The van der Waals surface area contributed by atoms with Gasteiger partial charge in [0, 0.05) is 28.7 Å². The molecule has 18 heavy (non-hydrogen) atoms. The quantitative estimate of drug-likeness (QED) is 0.836. The van der Waals surface area contributed by atoms with E-state index in [2.05, 4.69) is 31.1 Å². The third-order valence-corrected chi connectivity index (χ3v) is 3.49. The van der Waals surface area contributed by atoms with Gasteiger partial charge in [0.2, 0.25) is 0 Å². The highest BCUT2D eigenvalue weighted by Crippen LogP contribution is 2.21. The van der Waals surface area contributed by atoms with E-state index in [0.29, 0.717) is 0 Å². The lowest BCUT2D eigenvalue weighted by molar-refractivity contribution is 0.0912. The Morgan fingerprint density at radius 1 is 1.28 bits per heavy atom. The Hall–Kier alpha value is -1.77. The molecule has 0 saturated carbocycles. The molecule has 1 amide bonds. The van der Waals surface area contributed by atoms with Crippen molar-refractivity contribution in [2.45, 2.75) is 33.7 Å². The van der Waals surface area contributed by atoms with E-state index in [9.17, 15) is 4.79 Å². The molecule has 3 heteroatoms. The zero-order valence-corrected chi connectivity index (χ0v) is 11.4. The Kier molecular flexibility index (Phi) is 3.16. The lowest BCUT2D eigenvalue weighted by atomic mass is 9.88. The summed E-state index contributed by atoms with van der Waals surface area (Å²) in [4.78, 5) is 15.4. The van der Waals surface area contributed by atoms with E-state index in [0.717, 1.165) is 16.5 Å². The zero-order valence-electron chi connectivity index (χ0n) is 11.4. The molecule has 0 spiro atoms. The molecule has 0 bridgehead atoms. The molecule has 1 aromatic carbocycles. The molecule has 96 valence electrons. The minimum absolute atomic E-state index is 0.0115. The van der Waals surface area contributed by atoms with E-state index in [1.165, 1.54) is 0 Å². The Bertz CT molecular complexity index is 563. The van der Waals surface area contributed by atoms with Gasteiger partial charge in [-0.25, -0.2) is 0 Å². The first-order valence-corrected chi connectivity index (χ1v) is 6.26. The molecular formula is C15H20N2O. The fraction of sp³-hybridized carbons (Fsp3) is 0.400. The SMILES string of the molecule is C[C@H](NC(=O)c1cccc2[nH]ccc12)C(C)(C)C. The lowest BCUT2D eigenvalue weighted by Crippen LogP contribution is -2.41. The number of amides is 1. The van der Waals surface area contributed by atoms with Crippen molar-refractivity contribution < 1.29 is 4.79 Å². The third-order valence-electron chi connectivity index (χ3n) is 3.49. The summed E-state index contributed by atoms with van der Waals surface area (Å²) in [6.45, 7) is 8.40. The molecule has 2 aromatic rings. The number of aromatic nitrogens is 1. The summed E-state index contributed by atoms with van der Waals surface area (Å²) >= 11 is 0. The highest BCUT2D eigenvalue weighted by atomic mass is 16.1. The second kappa shape index (κ2) is 4.48. The number of aromatic amines is 1. The smallest absolute Gasteiger partial charge is 0.252 e. The normalized spacial score (nSPS) is 13.6. The van der Waals surface area contributed by atoms with Crippen LogP contribution >= 0.6 is 0 Å². The van der Waals surface area contributed by atoms with Gasteiger partial charge >= 0.3 is 0 Å². The molecule has 0 unspecified atom stereocenters. The minimum Gasteiger partial charge on any atom is -0.361 e. The molecule has 2 N–H and O–H groups in total. The summed E-state index contributed by atoms with van der Waals surface area (Å²) in [6.07, 6.45) is 1.86. The first-order valence-electron chi connectivity index (χ1n) is 6.26. The van der Waals surface area contributed by atoms with Crippen LogP contribution in [-0.2, 0) is 0 Å². The summed E-state index contributed by atoms with van der Waals surface area (Å²) in [7, 11) is 0. The number of carbonyl (C=O) groups is 1. The number of fused-ring (bicyclic) bond motifs is 1. The van der Waals surface area contributed by atoms with Gasteiger partial charge in [-0.2, -0.15) is 0 Å². The van der Waals surface area contributed by atoms with E-state index in [-0.39, 0.29) is 17.4 Å². The molecule has 2 rings (SSSR count). The molecule has 1 atom stereocenters. The largest absolute Gasteiger partial charge is 0.361 e. The van der Waals surface area contributed by atoms with Gasteiger partial charge in [-0.05, 0) is 30.5 Å². The van der Waals surface area contributed by atoms with E-state index >= 15 is 0 Å². The number of hydrogen-bond acceptors (Lipinski definition) is 1. The number of H-pyrrole nitrogens is 1. The summed E-state index contributed by atoms with van der Waals surface area (Å²) in [6, 6.07) is 7.79. The van der Waals surface area contributed by atoms with Crippen molar-refractivity contribution in [1.29, 1.82) is 0 Å². The number of nitrogens with one attached hydrogen (secondary N) is 2. The summed E-state index contributed by atoms with van der Waals surface area (Å²) in [5.74, 6) is -0.0115. The first kappa shape index (κ1) is 12.7. The minimum atomic E-state index is -0.0115. The van der Waals surface area contributed by atoms with Crippen LogP contribution in [-0.4, -0.2) is 16.9 Å². The van der Waals surface area contributed by atoms with Gasteiger partial charge < -0.3 is 10.3 Å². The average molecular weight is 244 g/mol. The fourth-order valence-corrected chi connectivity index (χ4v) is 1.77. The van der Waals surface area contributed by atoms with Gasteiger partial charge in [0.25, 0.3) is 5.91 Å². The third kappa shape index (κ3) is 2.40. The van der Waals surface area contributed by atoms with Gasteiger partial charge in [0.05, 0.1) is 0 Å². The Morgan fingerprint density at radius 3 is 2.67 bits per heavy atom. The van der Waals surface area contributed by atoms with Gasteiger partial charge in [0.15, 0.2) is 0 Å². The van der Waals surface area contributed by atoms with E-state index in [1.54, 1.807) is 0 Å². The Labute approximate surface area is 108 Å². The van der Waals surface area contributed by atoms with Crippen LogP contribution in [0.5, 0.6) is 0 Å². The van der Waals surface area contributed by atoms with Crippen molar-refractivity contribution in [3.05, 3.63) is 36.0 Å². The van der Waals surface area contributed by atoms with Crippen molar-refractivity contribution in [1.82, 2.24) is 10.3 Å². The standard InChI is InChI=1S/C15H20N2O/c1-10(15(2,3)4)17-14(18)12-6-5-7-13-11(12)8-9-16-13/h5-10,16H,1-4H3,(H,17,18)/t10-/m0/s1. The van der Waals surface area contributed by atoms with Gasteiger partial charge in [-0.3, -0.25) is 4.79 Å². The highest BCUT2D eigenvalue weighted by Gasteiger charge is 2.22. The molecule has 3 nitrogen and oxygen atoms in total. The average Bonchev–Trinajstić information content (AvgIpc) is 2.74. The van der Waals surface area contributed by atoms with Crippen LogP contribution in [0, 0.1) is 5.41 Å². The molecule has 0 aliphatic rings. The number of benzene rings is 1. The number of rotatable bonds is 2. The van der Waals surface area contributed by atoms with Crippen molar-refractivity contribution in [3.63, 3.8) is 0 Å². The molecule has 1 aromatic heterocycles. The predicted octanol–water partition coefficient (Wildman–Crippen LogP) is 3.33. The molecular weight excluding hydrogens is 224 g/mol. The lowest BCUT2D eigenvalue weighted by Gasteiger charge is -2.28. The van der Waals surface area contributed by atoms with E-state index in [1.807, 2.05) is 37.4 Å². The molecule has 1 heterocycles. The Morgan fingerprint density at radius 2 is 2.00 bits per heavy atom. The highest BCUT2D eigenvalue weighted by molar-refractivity contribution is 6.06. The van der Waals surface area contributed by atoms with Crippen molar-refractivity contribution in [2.75, 3.05) is 0 Å². The van der Waals surface area contributed by atoms with E-state index < -0.39 is 0 Å². The van der Waals surface area contributed by atoms with Crippen LogP contribution in [0.4, 0.5) is 0 Å².